The van der Waals surface area contributed by atoms with Gasteiger partial charge in [0.2, 0.25) is 0 Å². The minimum absolute atomic E-state index is 0.0308. The number of hydrogen-bond acceptors (Lipinski definition) is 9. The average Bonchev–Trinajstić information content (AvgIpc) is 3.15. The van der Waals surface area contributed by atoms with Crippen LogP contribution in [0.4, 0.5) is 0 Å². The van der Waals surface area contributed by atoms with Crippen LogP contribution < -0.4 is 5.49 Å². The van der Waals surface area contributed by atoms with Crippen LogP contribution in [-0.4, -0.2) is 75.7 Å². The zero-order chi connectivity index (χ0) is 19.8. The lowest BCUT2D eigenvalue weighted by atomic mass is 10.1. The summed E-state index contributed by atoms with van der Waals surface area (Å²) >= 11 is 0. The van der Waals surface area contributed by atoms with Crippen LogP contribution in [0.2, 0.25) is 0 Å². The van der Waals surface area contributed by atoms with E-state index in [4.69, 9.17) is 25.0 Å². The van der Waals surface area contributed by atoms with E-state index >= 15 is 0 Å². The molecule has 0 aliphatic carbocycles. The summed E-state index contributed by atoms with van der Waals surface area (Å²) < 4.78 is 23.5. The normalized spacial score (nSPS) is 26.1. The predicted molar refractivity (Wildman–Crippen MR) is 87.0 cm³/mol. The second-order valence-electron chi connectivity index (χ2n) is 6.02. The number of rotatable bonds is 7. The van der Waals surface area contributed by atoms with Gasteiger partial charge in [-0.2, -0.15) is 0 Å². The third-order valence-electron chi connectivity index (χ3n) is 4.17. The van der Waals surface area contributed by atoms with Crippen molar-refractivity contribution in [1.82, 2.24) is 19.1 Å². The first-order valence-corrected chi connectivity index (χ1v) is 9.55. The van der Waals surface area contributed by atoms with Gasteiger partial charge in [0, 0.05) is 13.2 Å². The van der Waals surface area contributed by atoms with Crippen molar-refractivity contribution >= 4 is 19.0 Å². The summed E-state index contributed by atoms with van der Waals surface area (Å²) in [5.74, 6) is 0. The topological polar surface area (TPSA) is 196 Å². The number of fused-ring (bicyclic) bond motifs is 1. The van der Waals surface area contributed by atoms with E-state index in [1.54, 1.807) is 0 Å². The molecule has 1 saturated heterocycles. The monoisotopic (exact) mass is 405 g/mol. The number of aromatic nitrogens is 4. The van der Waals surface area contributed by atoms with Crippen molar-refractivity contribution in [3.05, 3.63) is 18.1 Å². The number of nitrogens with zero attached hydrogens (tertiary/aromatic N) is 4. The Morgan fingerprint density at radius 2 is 2.00 bits per heavy atom. The fourth-order valence-electron chi connectivity index (χ4n) is 2.83. The third-order valence-corrected chi connectivity index (χ3v) is 4.66. The highest BCUT2D eigenvalue weighted by Gasteiger charge is 2.45. The molecule has 2 aromatic rings. The van der Waals surface area contributed by atoms with Crippen LogP contribution >= 0.6 is 7.82 Å². The van der Waals surface area contributed by atoms with Gasteiger partial charge in [0.05, 0.1) is 19.3 Å². The van der Waals surface area contributed by atoms with Gasteiger partial charge in [-0.15, -0.1) is 0 Å². The van der Waals surface area contributed by atoms with Gasteiger partial charge in [-0.3, -0.25) is 14.5 Å². The van der Waals surface area contributed by atoms with E-state index in [1.165, 1.54) is 21.8 Å². The Kier molecular flexibility index (Phi) is 5.74. The Hall–Kier alpha value is -1.70. The molecule has 14 heteroatoms. The van der Waals surface area contributed by atoms with E-state index < -0.39 is 39.0 Å². The van der Waals surface area contributed by atoms with Crippen molar-refractivity contribution < 1.29 is 38.9 Å². The third kappa shape index (κ3) is 4.10. The number of aliphatic hydroxyl groups excluding tert-OH is 3. The number of phosphoric ester groups is 1. The first-order valence-electron chi connectivity index (χ1n) is 8.02. The quantitative estimate of drug-likeness (QED) is 0.276. The molecule has 0 saturated carbocycles. The zero-order valence-electron chi connectivity index (χ0n) is 14.0. The fraction of sp³-hybridized carbons (Fsp3) is 0.615. The van der Waals surface area contributed by atoms with E-state index in [0.29, 0.717) is 13.0 Å². The molecule has 0 aromatic carbocycles. The standard InChI is InChI=1S/C13H20N5O8P/c14-11-8-12(16-5-17(11)2-1-3-19)18(6-15-8)13-10(21)9(20)7(26-13)4-25-27(22,23)24/h5-7,9-10,13-14,19-21H,1-4H2,(H2,22,23,24)/t7-,9-,10-,13-/m1/s1. The van der Waals surface area contributed by atoms with E-state index in [-0.39, 0.29) is 23.3 Å². The first kappa shape index (κ1) is 20.0. The second kappa shape index (κ2) is 7.73. The summed E-state index contributed by atoms with van der Waals surface area (Å²) in [6.45, 7) is -0.269. The maximum atomic E-state index is 10.8. The highest BCUT2D eigenvalue weighted by atomic mass is 31.2. The summed E-state index contributed by atoms with van der Waals surface area (Å²) in [5, 5.41) is 37.4. The number of nitrogens with one attached hydrogen (secondary N) is 1. The Morgan fingerprint density at radius 1 is 1.26 bits per heavy atom. The summed E-state index contributed by atoms with van der Waals surface area (Å²) in [6.07, 6.45) is -2.05. The molecule has 150 valence electrons. The molecule has 0 radical (unpaired) electrons. The second-order valence-corrected chi connectivity index (χ2v) is 7.26. The van der Waals surface area contributed by atoms with Crippen molar-refractivity contribution in [2.45, 2.75) is 37.5 Å². The lowest BCUT2D eigenvalue weighted by molar-refractivity contribution is -0.0504. The molecule has 13 nitrogen and oxygen atoms in total. The minimum Gasteiger partial charge on any atom is -0.396 e. The molecule has 1 aliphatic rings. The summed E-state index contributed by atoms with van der Waals surface area (Å²) in [6, 6.07) is 0. The first-order chi connectivity index (χ1) is 12.7. The van der Waals surface area contributed by atoms with Gasteiger partial charge >= 0.3 is 7.82 Å². The van der Waals surface area contributed by atoms with Gasteiger partial charge in [-0.25, -0.2) is 14.5 Å². The highest BCUT2D eigenvalue weighted by Crippen LogP contribution is 2.38. The Bertz CT molecular complexity index is 910. The molecule has 0 spiro atoms. The molecular weight excluding hydrogens is 385 g/mol. The fourth-order valence-corrected chi connectivity index (χ4v) is 3.17. The Morgan fingerprint density at radius 3 is 2.67 bits per heavy atom. The molecule has 0 bridgehead atoms. The van der Waals surface area contributed by atoms with Gasteiger partial charge < -0.3 is 34.4 Å². The lowest BCUT2D eigenvalue weighted by Crippen LogP contribution is -2.33. The van der Waals surface area contributed by atoms with E-state index in [9.17, 15) is 14.8 Å². The molecule has 2 aromatic heterocycles. The lowest BCUT2D eigenvalue weighted by Gasteiger charge is -2.16. The molecule has 3 heterocycles. The van der Waals surface area contributed by atoms with E-state index in [2.05, 4.69) is 14.5 Å². The van der Waals surface area contributed by atoms with Crippen molar-refractivity contribution in [2.24, 2.45) is 0 Å². The molecular formula is C13H20N5O8P. The van der Waals surface area contributed by atoms with Crippen LogP contribution in [0.25, 0.3) is 11.2 Å². The van der Waals surface area contributed by atoms with Crippen LogP contribution in [0.15, 0.2) is 12.7 Å². The largest absolute Gasteiger partial charge is 0.469 e. The molecule has 1 aliphatic heterocycles. The van der Waals surface area contributed by atoms with Gasteiger partial charge in [0.15, 0.2) is 17.4 Å². The van der Waals surface area contributed by atoms with Crippen molar-refractivity contribution in [3.8, 4) is 0 Å². The Balaban J connectivity index is 1.86. The maximum absolute atomic E-state index is 10.8. The van der Waals surface area contributed by atoms with Gasteiger partial charge in [0.25, 0.3) is 0 Å². The molecule has 6 N–H and O–H groups in total. The van der Waals surface area contributed by atoms with Gasteiger partial charge in [-0.1, -0.05) is 0 Å². The Labute approximate surface area is 152 Å². The van der Waals surface area contributed by atoms with Crippen LogP contribution in [0.1, 0.15) is 12.6 Å². The smallest absolute Gasteiger partial charge is 0.396 e. The van der Waals surface area contributed by atoms with E-state index in [0.717, 1.165) is 0 Å². The molecule has 1 fully saturated rings. The number of imidazole rings is 1. The molecule has 4 atom stereocenters. The van der Waals surface area contributed by atoms with E-state index in [1.807, 2.05) is 0 Å². The molecule has 3 rings (SSSR count). The predicted octanol–water partition coefficient (Wildman–Crippen LogP) is -2.18. The number of aliphatic hydroxyl groups is 3. The van der Waals surface area contributed by atoms with Crippen molar-refractivity contribution in [2.75, 3.05) is 13.2 Å². The number of ether oxygens (including phenoxy) is 1. The summed E-state index contributed by atoms with van der Waals surface area (Å²) in [5.41, 5.74) is 0.519. The van der Waals surface area contributed by atoms with Crippen LogP contribution in [0, 0.1) is 5.41 Å². The maximum Gasteiger partial charge on any atom is 0.469 e. The number of phosphoric acid groups is 1. The minimum atomic E-state index is -4.75. The molecule has 27 heavy (non-hydrogen) atoms. The summed E-state index contributed by atoms with van der Waals surface area (Å²) in [4.78, 5) is 25.8. The summed E-state index contributed by atoms with van der Waals surface area (Å²) in [7, 11) is -4.75. The number of hydrogen-bond donors (Lipinski definition) is 6. The number of aryl methyl sites for hydroxylation is 1. The molecule has 0 unspecified atom stereocenters. The highest BCUT2D eigenvalue weighted by molar-refractivity contribution is 7.46. The zero-order valence-corrected chi connectivity index (χ0v) is 14.9. The molecule has 0 amide bonds. The van der Waals surface area contributed by atoms with Gasteiger partial charge in [0.1, 0.15) is 23.8 Å². The van der Waals surface area contributed by atoms with Gasteiger partial charge in [-0.05, 0) is 6.42 Å². The van der Waals surface area contributed by atoms with Crippen LogP contribution in [-0.2, 0) is 20.4 Å². The van der Waals surface area contributed by atoms with Crippen molar-refractivity contribution in [3.63, 3.8) is 0 Å². The van der Waals surface area contributed by atoms with Crippen LogP contribution in [0.5, 0.6) is 0 Å². The van der Waals surface area contributed by atoms with Crippen LogP contribution in [0.3, 0.4) is 0 Å². The average molecular weight is 405 g/mol. The van der Waals surface area contributed by atoms with Crippen molar-refractivity contribution in [1.29, 1.82) is 5.41 Å². The SMILES string of the molecule is N=c1c2ncn([C@@H]3O[C@H](COP(=O)(O)O)[C@@H](O)[C@H]3O)c2ncn1CCCO.